The van der Waals surface area contributed by atoms with Crippen molar-refractivity contribution in [2.45, 2.75) is 45.4 Å². The van der Waals surface area contributed by atoms with Gasteiger partial charge in [0, 0.05) is 11.5 Å². The number of rotatable bonds is 4. The molecule has 1 fully saturated rings. The molecular weight excluding hydrogens is 258 g/mol. The molecule has 1 aliphatic heterocycles. The Labute approximate surface area is 129 Å². The van der Waals surface area contributed by atoms with Crippen molar-refractivity contribution in [3.05, 3.63) is 29.8 Å². The first-order chi connectivity index (χ1) is 10.2. The lowest BCUT2D eigenvalue weighted by atomic mass is 9.67. The summed E-state index contributed by atoms with van der Waals surface area (Å²) in [6.45, 7) is 6.46. The number of fused-ring (bicyclic) bond motifs is 1. The van der Waals surface area contributed by atoms with Crippen LogP contribution in [0.25, 0.3) is 0 Å². The summed E-state index contributed by atoms with van der Waals surface area (Å²) in [6.07, 6.45) is 5.30. The van der Waals surface area contributed by atoms with Crippen LogP contribution in [0.3, 0.4) is 0 Å². The summed E-state index contributed by atoms with van der Waals surface area (Å²) in [5.74, 6) is 4.85. The van der Waals surface area contributed by atoms with Gasteiger partial charge in [-0.2, -0.15) is 0 Å². The molecule has 4 atom stereocenters. The minimum Gasteiger partial charge on any atom is -0.493 e. The van der Waals surface area contributed by atoms with Gasteiger partial charge >= 0.3 is 0 Å². The highest BCUT2D eigenvalue weighted by Crippen LogP contribution is 2.44. The quantitative estimate of drug-likeness (QED) is 0.900. The second-order valence-corrected chi connectivity index (χ2v) is 7.35. The predicted octanol–water partition coefficient (Wildman–Crippen LogP) is 4.20. The van der Waals surface area contributed by atoms with Crippen molar-refractivity contribution in [2.24, 2.45) is 29.4 Å². The van der Waals surface area contributed by atoms with Gasteiger partial charge in [-0.3, -0.25) is 0 Å². The molecule has 0 saturated heterocycles. The van der Waals surface area contributed by atoms with E-state index in [4.69, 9.17) is 10.5 Å². The summed E-state index contributed by atoms with van der Waals surface area (Å²) < 4.78 is 5.86. The highest BCUT2D eigenvalue weighted by atomic mass is 16.5. The number of nitrogens with two attached hydrogens (primary N) is 1. The predicted molar refractivity (Wildman–Crippen MR) is 87.5 cm³/mol. The molecule has 2 aliphatic rings. The maximum atomic E-state index is 6.05. The molecule has 1 saturated carbocycles. The van der Waals surface area contributed by atoms with E-state index in [1.807, 2.05) is 0 Å². The summed E-state index contributed by atoms with van der Waals surface area (Å²) in [5.41, 5.74) is 7.47. The Morgan fingerprint density at radius 3 is 2.76 bits per heavy atom. The summed E-state index contributed by atoms with van der Waals surface area (Å²) in [5, 5.41) is 0. The van der Waals surface area contributed by atoms with Crippen LogP contribution >= 0.6 is 0 Å². The minimum atomic E-state index is 0.575. The van der Waals surface area contributed by atoms with Crippen molar-refractivity contribution in [3.8, 4) is 5.75 Å². The van der Waals surface area contributed by atoms with Gasteiger partial charge in [0.15, 0.2) is 0 Å². The van der Waals surface area contributed by atoms with Gasteiger partial charge in [0.2, 0.25) is 0 Å². The third-order valence-corrected chi connectivity index (χ3v) is 5.81. The zero-order valence-electron chi connectivity index (χ0n) is 13.4. The van der Waals surface area contributed by atoms with Crippen LogP contribution in [0.15, 0.2) is 24.3 Å². The molecule has 0 amide bonds. The Balaban J connectivity index is 1.70. The van der Waals surface area contributed by atoms with Gasteiger partial charge in [0.05, 0.1) is 6.61 Å². The maximum absolute atomic E-state index is 6.05. The van der Waals surface area contributed by atoms with Gasteiger partial charge in [-0.25, -0.2) is 0 Å². The van der Waals surface area contributed by atoms with Crippen molar-refractivity contribution in [1.82, 2.24) is 0 Å². The van der Waals surface area contributed by atoms with Gasteiger partial charge in [0.25, 0.3) is 0 Å². The molecule has 0 radical (unpaired) electrons. The van der Waals surface area contributed by atoms with E-state index in [0.717, 1.165) is 36.7 Å². The molecule has 1 aromatic rings. The second kappa shape index (κ2) is 6.39. The van der Waals surface area contributed by atoms with Crippen molar-refractivity contribution >= 4 is 0 Å². The molecule has 1 aromatic carbocycles. The molecule has 3 rings (SSSR count). The monoisotopic (exact) mass is 287 g/mol. The summed E-state index contributed by atoms with van der Waals surface area (Å²) in [6, 6.07) is 8.55. The van der Waals surface area contributed by atoms with E-state index in [2.05, 4.69) is 38.1 Å². The summed E-state index contributed by atoms with van der Waals surface area (Å²) >= 11 is 0. The molecule has 0 spiro atoms. The highest BCUT2D eigenvalue weighted by molar-refractivity contribution is 5.39. The molecule has 4 unspecified atom stereocenters. The fourth-order valence-corrected chi connectivity index (χ4v) is 4.36. The molecule has 0 aromatic heterocycles. The normalized spacial score (nSPS) is 32.0. The van der Waals surface area contributed by atoms with Gasteiger partial charge in [0.1, 0.15) is 5.75 Å². The van der Waals surface area contributed by atoms with Crippen LogP contribution in [-0.2, 0) is 0 Å². The molecule has 1 heterocycles. The van der Waals surface area contributed by atoms with Crippen LogP contribution in [0.5, 0.6) is 5.75 Å². The van der Waals surface area contributed by atoms with E-state index in [-0.39, 0.29) is 0 Å². The fraction of sp³-hybridized carbons (Fsp3) is 0.684. The van der Waals surface area contributed by atoms with Crippen LogP contribution in [-0.4, -0.2) is 13.2 Å². The van der Waals surface area contributed by atoms with E-state index in [0.29, 0.717) is 11.8 Å². The topological polar surface area (TPSA) is 35.2 Å². The van der Waals surface area contributed by atoms with Crippen molar-refractivity contribution in [1.29, 1.82) is 0 Å². The summed E-state index contributed by atoms with van der Waals surface area (Å²) in [7, 11) is 0. The lowest BCUT2D eigenvalue weighted by Gasteiger charge is -2.38. The Morgan fingerprint density at radius 1 is 1.19 bits per heavy atom. The van der Waals surface area contributed by atoms with Crippen molar-refractivity contribution in [2.75, 3.05) is 13.2 Å². The number of hydrogen-bond donors (Lipinski definition) is 1. The van der Waals surface area contributed by atoms with Gasteiger partial charge in [-0.1, -0.05) is 32.0 Å². The lowest BCUT2D eigenvalue weighted by molar-refractivity contribution is 0.134. The number of ether oxygens (including phenoxy) is 1. The van der Waals surface area contributed by atoms with Crippen LogP contribution in [0.1, 0.15) is 51.0 Å². The lowest BCUT2D eigenvalue weighted by Crippen LogP contribution is -2.33. The maximum Gasteiger partial charge on any atom is 0.122 e. The van der Waals surface area contributed by atoms with E-state index >= 15 is 0 Å². The van der Waals surface area contributed by atoms with Gasteiger partial charge in [-0.15, -0.1) is 0 Å². The smallest absolute Gasteiger partial charge is 0.122 e. The van der Waals surface area contributed by atoms with E-state index < -0.39 is 0 Å². The molecular formula is C19H29NO. The minimum absolute atomic E-state index is 0.575. The molecule has 2 heteroatoms. The first-order valence-electron chi connectivity index (χ1n) is 8.60. The highest BCUT2D eigenvalue weighted by Gasteiger charge is 2.34. The third kappa shape index (κ3) is 3.11. The average molecular weight is 287 g/mol. The number of para-hydroxylation sites is 1. The second-order valence-electron chi connectivity index (χ2n) is 7.35. The fourth-order valence-electron chi connectivity index (χ4n) is 4.36. The molecule has 116 valence electrons. The Morgan fingerprint density at radius 2 is 2.00 bits per heavy atom. The molecule has 1 aliphatic carbocycles. The van der Waals surface area contributed by atoms with Crippen LogP contribution in [0, 0.1) is 23.7 Å². The van der Waals surface area contributed by atoms with E-state index in [1.54, 1.807) is 0 Å². The largest absolute Gasteiger partial charge is 0.493 e. The van der Waals surface area contributed by atoms with Crippen molar-refractivity contribution in [3.63, 3.8) is 0 Å². The van der Waals surface area contributed by atoms with E-state index in [9.17, 15) is 0 Å². The number of benzene rings is 1. The molecule has 2 N–H and O–H groups in total. The summed E-state index contributed by atoms with van der Waals surface area (Å²) in [4.78, 5) is 0. The first kappa shape index (κ1) is 14.9. The zero-order valence-corrected chi connectivity index (χ0v) is 13.4. The standard InChI is InChI=1S/C19H29NO/c1-13(2)14-7-8-15(11-20)16(9-14)10-17-12-21-19-6-4-3-5-18(17)19/h3-6,13-17H,7-12,20H2,1-2H3. The molecule has 2 nitrogen and oxygen atoms in total. The van der Waals surface area contributed by atoms with Gasteiger partial charge in [-0.05, 0) is 62.0 Å². The molecule has 0 bridgehead atoms. The van der Waals surface area contributed by atoms with Crippen LogP contribution in [0.4, 0.5) is 0 Å². The Hall–Kier alpha value is -1.02. The zero-order chi connectivity index (χ0) is 14.8. The average Bonchev–Trinajstić information content (AvgIpc) is 2.90. The Kier molecular flexibility index (Phi) is 4.54. The van der Waals surface area contributed by atoms with Crippen LogP contribution in [0.2, 0.25) is 0 Å². The van der Waals surface area contributed by atoms with Crippen molar-refractivity contribution < 1.29 is 4.74 Å². The Bertz CT molecular complexity index is 470. The SMILES string of the molecule is CC(C)C1CCC(CN)C(CC2COc3ccccc32)C1. The van der Waals surface area contributed by atoms with E-state index in [1.165, 1.54) is 31.2 Å². The first-order valence-corrected chi connectivity index (χ1v) is 8.60. The van der Waals surface area contributed by atoms with Gasteiger partial charge < -0.3 is 10.5 Å². The number of hydrogen-bond acceptors (Lipinski definition) is 2. The third-order valence-electron chi connectivity index (χ3n) is 5.81. The molecule has 21 heavy (non-hydrogen) atoms. The van der Waals surface area contributed by atoms with Crippen LogP contribution < -0.4 is 10.5 Å².